The summed E-state index contributed by atoms with van der Waals surface area (Å²) in [5, 5.41) is 0. The number of hydrogen-bond acceptors (Lipinski definition) is 4. The van der Waals surface area contributed by atoms with Crippen LogP contribution in [0.5, 0.6) is 0 Å². The van der Waals surface area contributed by atoms with E-state index in [9.17, 15) is 8.42 Å². The van der Waals surface area contributed by atoms with Crippen molar-refractivity contribution in [1.29, 1.82) is 0 Å². The zero-order valence-corrected chi connectivity index (χ0v) is 18.3. The molecular formula is C16H26GeO4S. The van der Waals surface area contributed by atoms with Gasteiger partial charge < -0.3 is 0 Å². The molecule has 4 nitrogen and oxygen atoms in total. The van der Waals surface area contributed by atoms with Gasteiger partial charge >= 0.3 is 142 Å². The summed E-state index contributed by atoms with van der Waals surface area (Å²) < 4.78 is 35.9. The van der Waals surface area contributed by atoms with Crippen molar-refractivity contribution >= 4 is 26.4 Å². The third kappa shape index (κ3) is 5.37. The maximum atomic E-state index is 12.4. The molecule has 0 bridgehead atoms. The summed E-state index contributed by atoms with van der Waals surface area (Å²) in [6, 6.07) is 8.79. The summed E-state index contributed by atoms with van der Waals surface area (Å²) in [5.41, 5.74) is 0. The minimum absolute atomic E-state index is 0.0446. The van der Waals surface area contributed by atoms with Gasteiger partial charge in [0.25, 0.3) is 0 Å². The van der Waals surface area contributed by atoms with Gasteiger partial charge in [0, 0.05) is 0 Å². The molecule has 1 saturated heterocycles. The number of benzene rings is 1. The Morgan fingerprint density at radius 1 is 1.23 bits per heavy atom. The molecule has 22 heavy (non-hydrogen) atoms. The van der Waals surface area contributed by atoms with E-state index in [1.807, 2.05) is 6.07 Å². The average molecular weight is 387 g/mol. The van der Waals surface area contributed by atoms with Crippen molar-refractivity contribution in [3.63, 3.8) is 0 Å². The standard InChI is InChI=1S/C16H26GeO4S/c17-15(22(18,19)14-8-2-1-3-9-14)10-4-6-12-20-16-11-5-7-13-21-16/h1-3,8-9,15-16H,4-7,10-13H2,17H3. The Morgan fingerprint density at radius 3 is 2.68 bits per heavy atom. The van der Waals surface area contributed by atoms with Gasteiger partial charge in [-0.2, -0.15) is 0 Å². The Morgan fingerprint density at radius 2 is 2.00 bits per heavy atom. The fourth-order valence-electron chi connectivity index (χ4n) is 2.59. The molecule has 0 N–H and O–H groups in total. The number of rotatable bonds is 8. The Kier molecular flexibility index (Phi) is 7.40. The average Bonchev–Trinajstić information content (AvgIpc) is 2.56. The van der Waals surface area contributed by atoms with Gasteiger partial charge in [-0.3, -0.25) is 0 Å². The van der Waals surface area contributed by atoms with Gasteiger partial charge in [-0.1, -0.05) is 0 Å². The molecule has 0 aliphatic carbocycles. The van der Waals surface area contributed by atoms with Gasteiger partial charge in [-0.05, 0) is 0 Å². The fourth-order valence-corrected chi connectivity index (χ4v) is 6.64. The Labute approximate surface area is 141 Å². The molecule has 0 amide bonds. The van der Waals surface area contributed by atoms with Gasteiger partial charge in [-0.15, -0.1) is 0 Å². The summed E-state index contributed by atoms with van der Waals surface area (Å²) in [7, 11) is -3.13. The summed E-state index contributed by atoms with van der Waals surface area (Å²) in [5.74, 6) is 0. The van der Waals surface area contributed by atoms with Crippen LogP contribution in [0.25, 0.3) is 0 Å². The predicted molar refractivity (Wildman–Crippen MR) is 90.7 cm³/mol. The first-order valence-corrected chi connectivity index (χ1v) is 12.1. The topological polar surface area (TPSA) is 52.6 Å². The second kappa shape index (κ2) is 9.06. The van der Waals surface area contributed by atoms with Gasteiger partial charge in [-0.25, -0.2) is 0 Å². The second-order valence-corrected chi connectivity index (χ2v) is 12.9. The van der Waals surface area contributed by atoms with Crippen LogP contribution in [0.4, 0.5) is 0 Å². The number of unbranched alkanes of at least 4 members (excludes halogenated alkanes) is 1. The monoisotopic (exact) mass is 388 g/mol. The molecule has 0 spiro atoms. The first-order chi connectivity index (χ1) is 10.6. The molecule has 1 aromatic carbocycles. The summed E-state index contributed by atoms with van der Waals surface area (Å²) in [6.45, 7) is 1.46. The van der Waals surface area contributed by atoms with Gasteiger partial charge in [0.05, 0.1) is 0 Å². The SMILES string of the molecule is O=S(=O)(c1ccccc1)[CH]([GeH3])CCCCOC1CCCCO1. The third-order valence-corrected chi connectivity index (χ3v) is 11.4. The molecule has 2 unspecified atom stereocenters. The zero-order chi connectivity index (χ0) is 15.8. The predicted octanol–water partition coefficient (Wildman–Crippen LogP) is 1.87. The van der Waals surface area contributed by atoms with Crippen LogP contribution in [0.3, 0.4) is 0 Å². The van der Waals surface area contributed by atoms with Crippen LogP contribution in [0.1, 0.15) is 38.5 Å². The van der Waals surface area contributed by atoms with Crippen molar-refractivity contribution in [3.05, 3.63) is 30.3 Å². The molecule has 0 saturated carbocycles. The van der Waals surface area contributed by atoms with Crippen LogP contribution in [0.15, 0.2) is 35.2 Å². The van der Waals surface area contributed by atoms with E-state index in [1.165, 1.54) is 6.42 Å². The number of sulfone groups is 1. The molecule has 1 aliphatic rings. The number of ether oxygens (including phenoxy) is 2. The molecule has 1 heterocycles. The van der Waals surface area contributed by atoms with E-state index in [2.05, 4.69) is 0 Å². The number of hydrogen-bond donors (Lipinski definition) is 0. The first kappa shape index (κ1) is 18.0. The van der Waals surface area contributed by atoms with Crippen molar-refractivity contribution < 1.29 is 17.9 Å². The van der Waals surface area contributed by atoms with E-state index in [4.69, 9.17) is 9.47 Å². The molecule has 124 valence electrons. The molecular weight excluding hydrogens is 361 g/mol. The molecule has 0 radical (unpaired) electrons. The molecule has 2 atom stereocenters. The molecule has 6 heteroatoms. The van der Waals surface area contributed by atoms with E-state index < -0.39 is 9.84 Å². The van der Waals surface area contributed by atoms with Gasteiger partial charge in [0.2, 0.25) is 0 Å². The molecule has 1 fully saturated rings. The van der Waals surface area contributed by atoms with E-state index in [1.54, 1.807) is 24.3 Å². The fraction of sp³-hybridized carbons (Fsp3) is 0.625. The summed E-state index contributed by atoms with van der Waals surface area (Å²) in [6.07, 6.45) is 5.77. The maximum absolute atomic E-state index is 12.4. The molecule has 2 rings (SSSR count). The van der Waals surface area contributed by atoms with Crippen molar-refractivity contribution in [2.45, 2.75) is 53.8 Å². The van der Waals surface area contributed by atoms with Gasteiger partial charge in [0.1, 0.15) is 0 Å². The Bertz CT molecular complexity index is 526. The Hall–Kier alpha value is -0.367. The summed E-state index contributed by atoms with van der Waals surface area (Å²) in [4.78, 5) is 0.458. The van der Waals surface area contributed by atoms with Crippen molar-refractivity contribution in [2.24, 2.45) is 0 Å². The molecule has 1 aromatic rings. The third-order valence-electron chi connectivity index (χ3n) is 4.05. The van der Waals surface area contributed by atoms with Gasteiger partial charge in [0.15, 0.2) is 0 Å². The Balaban J connectivity index is 1.68. The van der Waals surface area contributed by atoms with Crippen LogP contribution in [-0.4, -0.2) is 48.5 Å². The van der Waals surface area contributed by atoms with E-state index >= 15 is 0 Å². The first-order valence-electron chi connectivity index (χ1n) is 8.13. The second-order valence-electron chi connectivity index (χ2n) is 5.83. The zero-order valence-electron chi connectivity index (χ0n) is 13.2. The molecule has 0 aromatic heterocycles. The van der Waals surface area contributed by atoms with E-state index in [0.717, 1.165) is 38.7 Å². The van der Waals surface area contributed by atoms with Crippen LogP contribution >= 0.6 is 0 Å². The summed E-state index contributed by atoms with van der Waals surface area (Å²) >= 11 is 0.259. The van der Waals surface area contributed by atoms with Crippen LogP contribution in [-0.2, 0) is 19.3 Å². The minimum atomic E-state index is -3.13. The quantitative estimate of drug-likeness (QED) is 0.505. The van der Waals surface area contributed by atoms with Crippen molar-refractivity contribution in [3.8, 4) is 0 Å². The normalized spacial score (nSPS) is 20.8. The van der Waals surface area contributed by atoms with E-state index in [0.29, 0.717) is 11.5 Å². The van der Waals surface area contributed by atoms with E-state index in [-0.39, 0.29) is 26.9 Å². The van der Waals surface area contributed by atoms with Crippen molar-refractivity contribution in [1.82, 2.24) is 0 Å². The molecule has 1 aliphatic heterocycles. The van der Waals surface area contributed by atoms with Crippen LogP contribution in [0, 0.1) is 0 Å². The van der Waals surface area contributed by atoms with Crippen molar-refractivity contribution in [2.75, 3.05) is 13.2 Å². The van der Waals surface area contributed by atoms with Crippen LogP contribution < -0.4 is 0 Å². The van der Waals surface area contributed by atoms with Crippen LogP contribution in [0.2, 0.25) is 0 Å².